The number of Topliss-reactive ketones (excluding diaryl/α,β-unsaturated/α-hetero) is 1. The molecule has 0 saturated carbocycles. The third kappa shape index (κ3) is 3.53. The van der Waals surface area contributed by atoms with E-state index in [2.05, 4.69) is 10.3 Å². The number of nitrogens with zero attached hydrogens (tertiary/aromatic N) is 1. The molecule has 1 unspecified atom stereocenters. The van der Waals surface area contributed by atoms with Gasteiger partial charge in [0.05, 0.1) is 20.9 Å². The molecule has 4 rings (SSSR count). The highest BCUT2D eigenvalue weighted by molar-refractivity contribution is 7.22. The van der Waals surface area contributed by atoms with E-state index in [1.165, 1.54) is 11.3 Å². The molecule has 27 heavy (non-hydrogen) atoms. The second-order valence-electron chi connectivity index (χ2n) is 5.72. The standard InChI is InChI=1S/C19H14Cl2N2O3S/c1-2-25-18-12(17(24)11-8-10(20)6-7-14(11)26-18)9-22-19-23-16-13(21)4-3-5-15(16)27-19/h3-9,18H,2H2,1H3,(H,22,23). The summed E-state index contributed by atoms with van der Waals surface area (Å²) < 4.78 is 12.4. The first-order valence-corrected chi connectivity index (χ1v) is 9.78. The van der Waals surface area contributed by atoms with Gasteiger partial charge < -0.3 is 14.8 Å². The van der Waals surface area contributed by atoms with Crippen LogP contribution in [0.5, 0.6) is 5.75 Å². The van der Waals surface area contributed by atoms with E-state index in [4.69, 9.17) is 32.7 Å². The van der Waals surface area contributed by atoms with Crippen molar-refractivity contribution in [1.82, 2.24) is 4.98 Å². The van der Waals surface area contributed by atoms with Crippen molar-refractivity contribution < 1.29 is 14.3 Å². The highest BCUT2D eigenvalue weighted by Crippen LogP contribution is 2.34. The molecule has 5 nitrogen and oxygen atoms in total. The number of fused-ring (bicyclic) bond motifs is 2. The predicted octanol–water partition coefficient (Wildman–Crippen LogP) is 5.54. The fourth-order valence-corrected chi connectivity index (χ4v) is 4.06. The monoisotopic (exact) mass is 420 g/mol. The molecular weight excluding hydrogens is 407 g/mol. The van der Waals surface area contributed by atoms with Gasteiger partial charge in [0.15, 0.2) is 5.13 Å². The predicted molar refractivity (Wildman–Crippen MR) is 108 cm³/mol. The van der Waals surface area contributed by atoms with Crippen LogP contribution in [0.15, 0.2) is 48.2 Å². The number of halogens is 2. The van der Waals surface area contributed by atoms with Crippen molar-refractivity contribution in [3.63, 3.8) is 0 Å². The number of ketones is 1. The number of nitrogens with one attached hydrogen (secondary N) is 1. The molecule has 3 aromatic rings. The Bertz CT molecular complexity index is 1060. The lowest BCUT2D eigenvalue weighted by Crippen LogP contribution is -2.33. The van der Waals surface area contributed by atoms with E-state index in [9.17, 15) is 4.79 Å². The Kier molecular flexibility index (Phi) is 5.06. The molecule has 1 aliphatic heterocycles. The van der Waals surface area contributed by atoms with Crippen LogP contribution in [0.4, 0.5) is 5.13 Å². The van der Waals surface area contributed by atoms with Gasteiger partial charge in [-0.2, -0.15) is 0 Å². The molecule has 8 heteroatoms. The summed E-state index contributed by atoms with van der Waals surface area (Å²) in [5.41, 5.74) is 1.46. The molecule has 2 heterocycles. The first kappa shape index (κ1) is 18.3. The van der Waals surface area contributed by atoms with Crippen LogP contribution < -0.4 is 10.1 Å². The quantitative estimate of drug-likeness (QED) is 0.561. The molecule has 0 bridgehead atoms. The van der Waals surface area contributed by atoms with E-state index >= 15 is 0 Å². The summed E-state index contributed by atoms with van der Waals surface area (Å²) in [5, 5.41) is 4.73. The molecule has 0 saturated heterocycles. The topological polar surface area (TPSA) is 60.5 Å². The van der Waals surface area contributed by atoms with Gasteiger partial charge in [0.2, 0.25) is 12.1 Å². The van der Waals surface area contributed by atoms with Crippen molar-refractivity contribution >= 4 is 55.7 Å². The number of benzene rings is 2. The third-order valence-corrected chi connectivity index (χ3v) is 5.47. The second-order valence-corrected chi connectivity index (χ2v) is 7.60. The zero-order valence-electron chi connectivity index (χ0n) is 14.2. The smallest absolute Gasteiger partial charge is 0.232 e. The lowest BCUT2D eigenvalue weighted by molar-refractivity contribution is -0.0509. The van der Waals surface area contributed by atoms with Crippen molar-refractivity contribution in [2.75, 3.05) is 11.9 Å². The number of hydrogen-bond acceptors (Lipinski definition) is 6. The van der Waals surface area contributed by atoms with E-state index in [-0.39, 0.29) is 5.78 Å². The van der Waals surface area contributed by atoms with Crippen LogP contribution in [0.1, 0.15) is 17.3 Å². The Morgan fingerprint density at radius 1 is 1.33 bits per heavy atom. The number of hydrogen-bond donors (Lipinski definition) is 1. The first-order chi connectivity index (χ1) is 13.1. The molecule has 1 aliphatic rings. The van der Waals surface area contributed by atoms with E-state index in [1.54, 1.807) is 30.5 Å². The molecule has 0 radical (unpaired) electrons. The fourth-order valence-electron chi connectivity index (χ4n) is 2.75. The summed E-state index contributed by atoms with van der Waals surface area (Å²) in [6, 6.07) is 10.5. The fraction of sp³-hybridized carbons (Fsp3) is 0.158. The molecule has 1 atom stereocenters. The van der Waals surface area contributed by atoms with E-state index in [1.807, 2.05) is 19.1 Å². The molecule has 1 N–H and O–H groups in total. The lowest BCUT2D eigenvalue weighted by Gasteiger charge is -2.27. The van der Waals surface area contributed by atoms with Gasteiger partial charge in [-0.25, -0.2) is 4.98 Å². The maximum Gasteiger partial charge on any atom is 0.232 e. The molecule has 0 fully saturated rings. The van der Waals surface area contributed by atoms with Crippen molar-refractivity contribution in [3.8, 4) is 5.75 Å². The number of aromatic nitrogens is 1. The molecule has 0 amide bonds. The Balaban J connectivity index is 1.68. The van der Waals surface area contributed by atoms with Gasteiger partial charge in [0.1, 0.15) is 11.3 Å². The highest BCUT2D eigenvalue weighted by atomic mass is 35.5. The average molecular weight is 421 g/mol. The molecule has 0 aliphatic carbocycles. The maximum atomic E-state index is 12.9. The second kappa shape index (κ2) is 7.48. The largest absolute Gasteiger partial charge is 0.460 e. The molecule has 0 spiro atoms. The summed E-state index contributed by atoms with van der Waals surface area (Å²) >= 11 is 13.6. The van der Waals surface area contributed by atoms with Gasteiger partial charge in [0, 0.05) is 17.8 Å². The Hall–Kier alpha value is -2.12. The van der Waals surface area contributed by atoms with Gasteiger partial charge in [-0.05, 0) is 37.3 Å². The van der Waals surface area contributed by atoms with Crippen molar-refractivity contribution in [1.29, 1.82) is 0 Å². The summed E-state index contributed by atoms with van der Waals surface area (Å²) in [6.45, 7) is 2.24. The van der Waals surface area contributed by atoms with Gasteiger partial charge in [-0.1, -0.05) is 40.6 Å². The number of ether oxygens (including phenoxy) is 2. The third-order valence-electron chi connectivity index (χ3n) is 3.98. The Morgan fingerprint density at radius 3 is 2.96 bits per heavy atom. The first-order valence-electron chi connectivity index (χ1n) is 8.21. The van der Waals surface area contributed by atoms with Crippen LogP contribution in [0.3, 0.4) is 0 Å². The molecule has 2 aromatic carbocycles. The SMILES string of the molecule is CCOC1Oc2ccc(Cl)cc2C(=O)C1=CNc1nc2c(Cl)cccc2s1. The van der Waals surface area contributed by atoms with Crippen LogP contribution >= 0.6 is 34.5 Å². The average Bonchev–Trinajstić information content (AvgIpc) is 3.07. The minimum atomic E-state index is -0.804. The van der Waals surface area contributed by atoms with Crippen LogP contribution in [-0.2, 0) is 4.74 Å². The Labute approximate surface area is 169 Å². The minimum Gasteiger partial charge on any atom is -0.460 e. The van der Waals surface area contributed by atoms with Crippen LogP contribution in [-0.4, -0.2) is 23.7 Å². The van der Waals surface area contributed by atoms with Gasteiger partial charge in [-0.3, -0.25) is 4.79 Å². The number of rotatable bonds is 4. The van der Waals surface area contributed by atoms with Gasteiger partial charge >= 0.3 is 0 Å². The van der Waals surface area contributed by atoms with E-state index in [0.717, 1.165) is 10.2 Å². The zero-order valence-corrected chi connectivity index (χ0v) is 16.5. The van der Waals surface area contributed by atoms with Crippen molar-refractivity contribution in [2.45, 2.75) is 13.2 Å². The minimum absolute atomic E-state index is 0.205. The van der Waals surface area contributed by atoms with Gasteiger partial charge in [-0.15, -0.1) is 0 Å². The number of carbonyl (C=O) groups is 1. The zero-order chi connectivity index (χ0) is 19.0. The highest BCUT2D eigenvalue weighted by Gasteiger charge is 2.32. The number of anilines is 1. The summed E-state index contributed by atoms with van der Waals surface area (Å²) in [4.78, 5) is 17.4. The van der Waals surface area contributed by atoms with E-state index < -0.39 is 6.29 Å². The number of para-hydroxylation sites is 1. The molecular formula is C19H14Cl2N2O3S. The summed E-state index contributed by atoms with van der Waals surface area (Å²) in [5.74, 6) is 0.246. The Morgan fingerprint density at radius 2 is 2.19 bits per heavy atom. The summed E-state index contributed by atoms with van der Waals surface area (Å²) in [6.07, 6.45) is 0.764. The lowest BCUT2D eigenvalue weighted by atomic mass is 10.00. The van der Waals surface area contributed by atoms with Crippen LogP contribution in [0.2, 0.25) is 10.0 Å². The maximum absolute atomic E-state index is 12.9. The van der Waals surface area contributed by atoms with Crippen LogP contribution in [0, 0.1) is 0 Å². The normalized spacial score (nSPS) is 17.8. The number of carbonyl (C=O) groups excluding carboxylic acids is 1. The van der Waals surface area contributed by atoms with Gasteiger partial charge in [0.25, 0.3) is 0 Å². The molecule has 138 valence electrons. The van der Waals surface area contributed by atoms with Crippen LogP contribution in [0.25, 0.3) is 10.2 Å². The van der Waals surface area contributed by atoms with Crippen molar-refractivity contribution in [2.24, 2.45) is 0 Å². The van der Waals surface area contributed by atoms with Crippen molar-refractivity contribution in [3.05, 3.63) is 63.8 Å². The number of thiazole rings is 1. The van der Waals surface area contributed by atoms with E-state index in [0.29, 0.717) is 38.7 Å². The molecule has 1 aromatic heterocycles. The summed E-state index contributed by atoms with van der Waals surface area (Å²) in [7, 11) is 0.